The van der Waals surface area contributed by atoms with Gasteiger partial charge in [0.15, 0.2) is 0 Å². The van der Waals surface area contributed by atoms with Crippen molar-refractivity contribution < 1.29 is 22.6 Å². The van der Waals surface area contributed by atoms with E-state index in [1.807, 2.05) is 0 Å². The monoisotopic (exact) mass is 337 g/mol. The second-order valence-electron chi connectivity index (χ2n) is 5.59. The Kier molecular flexibility index (Phi) is 4.89. The third kappa shape index (κ3) is 3.31. The zero-order valence-electron chi connectivity index (χ0n) is 12.9. The molecule has 1 heterocycles. The topological polar surface area (TPSA) is 30.5 Å². The van der Waals surface area contributed by atoms with Crippen molar-refractivity contribution in [2.24, 2.45) is 0 Å². The molecule has 3 nitrogen and oxygen atoms in total. The molecule has 0 amide bonds. The minimum Gasteiger partial charge on any atom is -0.340 e. The molecule has 0 aliphatic carbocycles. The first-order valence-electron chi connectivity index (χ1n) is 7.70. The third-order valence-electron chi connectivity index (χ3n) is 3.97. The third-order valence-corrected chi connectivity index (χ3v) is 3.97. The van der Waals surface area contributed by atoms with Gasteiger partial charge in [-0.15, -0.1) is 0 Å². The van der Waals surface area contributed by atoms with Gasteiger partial charge < -0.3 is 14.8 Å². The van der Waals surface area contributed by atoms with Gasteiger partial charge in [0.25, 0.3) is 5.79 Å². The lowest BCUT2D eigenvalue weighted by molar-refractivity contribution is -0.404. The molecule has 0 bridgehead atoms. The predicted octanol–water partition coefficient (Wildman–Crippen LogP) is 3.82. The van der Waals surface area contributed by atoms with E-state index in [2.05, 4.69) is 5.32 Å². The zero-order valence-corrected chi connectivity index (χ0v) is 12.9. The predicted molar refractivity (Wildman–Crippen MR) is 83.2 cm³/mol. The summed E-state index contributed by atoms with van der Waals surface area (Å²) < 4.78 is 52.4. The Morgan fingerprint density at radius 1 is 1.04 bits per heavy atom. The summed E-state index contributed by atoms with van der Waals surface area (Å²) in [7, 11) is 0. The number of benzene rings is 2. The van der Waals surface area contributed by atoms with Crippen molar-refractivity contribution in [3.05, 3.63) is 71.8 Å². The van der Waals surface area contributed by atoms with Crippen LogP contribution < -0.4 is 5.32 Å². The van der Waals surface area contributed by atoms with Crippen LogP contribution in [0.2, 0.25) is 0 Å². The largest absolute Gasteiger partial charge is 0.445 e. The second-order valence-corrected chi connectivity index (χ2v) is 5.59. The molecule has 2 unspecified atom stereocenters. The van der Waals surface area contributed by atoms with Crippen LogP contribution in [0.4, 0.5) is 13.2 Å². The van der Waals surface area contributed by atoms with Gasteiger partial charge in [-0.25, -0.2) is 0 Å². The molecule has 1 aliphatic heterocycles. The number of ether oxygens (including phenoxy) is 2. The average Bonchev–Trinajstić information content (AvgIpc) is 2.61. The lowest BCUT2D eigenvalue weighted by Crippen LogP contribution is -2.62. The first-order valence-corrected chi connectivity index (χ1v) is 7.70. The van der Waals surface area contributed by atoms with Crippen molar-refractivity contribution in [3.8, 4) is 0 Å². The van der Waals surface area contributed by atoms with Crippen molar-refractivity contribution in [2.75, 3.05) is 13.2 Å². The van der Waals surface area contributed by atoms with Crippen LogP contribution in [0, 0.1) is 0 Å². The van der Waals surface area contributed by atoms with Crippen molar-refractivity contribution in [2.45, 2.75) is 24.6 Å². The highest BCUT2D eigenvalue weighted by molar-refractivity contribution is 5.23. The fourth-order valence-corrected chi connectivity index (χ4v) is 2.82. The summed E-state index contributed by atoms with van der Waals surface area (Å²) in [5, 5.41) is 2.90. The highest BCUT2D eigenvalue weighted by atomic mass is 19.4. The van der Waals surface area contributed by atoms with Crippen LogP contribution in [-0.4, -0.2) is 25.1 Å². The lowest BCUT2D eigenvalue weighted by atomic mass is 9.96. The Hall–Kier alpha value is -1.89. The zero-order chi connectivity index (χ0) is 17.0. The lowest BCUT2D eigenvalue weighted by Gasteiger charge is -2.44. The van der Waals surface area contributed by atoms with E-state index in [1.54, 1.807) is 60.7 Å². The van der Waals surface area contributed by atoms with Crippen molar-refractivity contribution in [1.82, 2.24) is 5.32 Å². The number of morpholine rings is 1. The van der Waals surface area contributed by atoms with Crippen molar-refractivity contribution >= 4 is 0 Å². The Labute approximate surface area is 138 Å². The molecule has 1 fully saturated rings. The smallest absolute Gasteiger partial charge is 0.340 e. The van der Waals surface area contributed by atoms with Crippen LogP contribution in [0.1, 0.15) is 17.2 Å². The normalized spacial score (nSPS) is 24.7. The van der Waals surface area contributed by atoms with Crippen LogP contribution in [0.5, 0.6) is 0 Å². The number of nitrogens with one attached hydrogen (secondary N) is 1. The fraction of sp³-hybridized carbons (Fsp3) is 0.333. The molecule has 2 aromatic rings. The molecule has 1 N–H and O–H groups in total. The van der Waals surface area contributed by atoms with Gasteiger partial charge in [0.2, 0.25) is 0 Å². The van der Waals surface area contributed by atoms with Gasteiger partial charge in [-0.3, -0.25) is 0 Å². The summed E-state index contributed by atoms with van der Waals surface area (Å²) in [5.74, 6) is -2.72. The molecular weight excluding hydrogens is 319 g/mol. The molecule has 128 valence electrons. The molecular formula is C18H18F3NO2. The van der Waals surface area contributed by atoms with Gasteiger partial charge in [-0.2, -0.15) is 13.2 Å². The highest BCUT2D eigenvalue weighted by Gasteiger charge is 2.64. The van der Waals surface area contributed by atoms with E-state index in [0.717, 1.165) is 0 Å². The molecule has 0 spiro atoms. The number of hydrogen-bond acceptors (Lipinski definition) is 3. The molecule has 0 saturated carbocycles. The van der Waals surface area contributed by atoms with Crippen LogP contribution in [0.25, 0.3) is 0 Å². The minimum absolute atomic E-state index is 0.0718. The molecule has 3 rings (SSSR count). The van der Waals surface area contributed by atoms with Gasteiger partial charge in [0.1, 0.15) is 0 Å². The number of alkyl halides is 3. The molecule has 0 aromatic heterocycles. The van der Waals surface area contributed by atoms with Gasteiger partial charge in [-0.05, 0) is 11.1 Å². The molecule has 0 radical (unpaired) electrons. The molecule has 2 atom stereocenters. The molecule has 6 heteroatoms. The van der Waals surface area contributed by atoms with Gasteiger partial charge in [0.05, 0.1) is 19.3 Å². The second kappa shape index (κ2) is 6.93. The van der Waals surface area contributed by atoms with E-state index in [9.17, 15) is 13.2 Å². The molecule has 2 aromatic carbocycles. The summed E-state index contributed by atoms with van der Waals surface area (Å²) in [6.45, 7) is 0.0646. The quantitative estimate of drug-likeness (QED) is 0.920. The highest BCUT2D eigenvalue weighted by Crippen LogP contribution is 2.45. The van der Waals surface area contributed by atoms with E-state index in [-0.39, 0.29) is 13.2 Å². The molecule has 1 saturated heterocycles. The SMILES string of the molecule is FC(F)(F)C1(OCc2ccccc2)OCCNC1c1ccccc1. The Morgan fingerprint density at radius 3 is 2.29 bits per heavy atom. The average molecular weight is 337 g/mol. The van der Waals surface area contributed by atoms with E-state index < -0.39 is 18.0 Å². The Morgan fingerprint density at radius 2 is 1.67 bits per heavy atom. The fourth-order valence-electron chi connectivity index (χ4n) is 2.82. The van der Waals surface area contributed by atoms with E-state index in [0.29, 0.717) is 17.7 Å². The summed E-state index contributed by atoms with van der Waals surface area (Å²) in [6, 6.07) is 16.1. The number of hydrogen-bond donors (Lipinski definition) is 1. The van der Waals surface area contributed by atoms with Crippen molar-refractivity contribution in [1.29, 1.82) is 0 Å². The van der Waals surface area contributed by atoms with E-state index in [1.165, 1.54) is 0 Å². The Bertz CT molecular complexity index is 648. The van der Waals surface area contributed by atoms with Crippen LogP contribution in [0.15, 0.2) is 60.7 Å². The minimum atomic E-state index is -4.68. The van der Waals surface area contributed by atoms with Crippen LogP contribution >= 0.6 is 0 Å². The maximum absolute atomic E-state index is 13.9. The first kappa shape index (κ1) is 17.0. The summed E-state index contributed by atoms with van der Waals surface area (Å²) in [4.78, 5) is 0. The van der Waals surface area contributed by atoms with E-state index >= 15 is 0 Å². The van der Waals surface area contributed by atoms with Gasteiger partial charge in [-0.1, -0.05) is 60.7 Å². The first-order chi connectivity index (χ1) is 11.5. The summed E-state index contributed by atoms with van der Waals surface area (Å²) in [6.07, 6.45) is -4.68. The van der Waals surface area contributed by atoms with Gasteiger partial charge in [0, 0.05) is 6.54 Å². The van der Waals surface area contributed by atoms with E-state index in [4.69, 9.17) is 9.47 Å². The van der Waals surface area contributed by atoms with Crippen LogP contribution in [0.3, 0.4) is 0 Å². The Balaban J connectivity index is 1.93. The molecule has 24 heavy (non-hydrogen) atoms. The maximum atomic E-state index is 13.9. The van der Waals surface area contributed by atoms with Crippen LogP contribution in [-0.2, 0) is 16.1 Å². The van der Waals surface area contributed by atoms with Crippen molar-refractivity contribution in [3.63, 3.8) is 0 Å². The standard InChI is InChI=1S/C18H18F3NO2/c19-18(20,21)17(24-13-14-7-3-1-4-8-14)16(22-11-12-23-17)15-9-5-2-6-10-15/h1-10,16,22H,11-13H2. The van der Waals surface area contributed by atoms with Gasteiger partial charge >= 0.3 is 6.18 Å². The number of halogens is 3. The summed E-state index contributed by atoms with van der Waals surface area (Å²) >= 11 is 0. The molecule has 1 aliphatic rings. The summed E-state index contributed by atoms with van der Waals surface area (Å²) in [5.41, 5.74) is 1.13. The maximum Gasteiger partial charge on any atom is 0.445 e. The number of rotatable bonds is 4.